The monoisotopic (exact) mass is 380 g/mol. The summed E-state index contributed by atoms with van der Waals surface area (Å²) >= 11 is 0. The van der Waals surface area contributed by atoms with Crippen molar-refractivity contribution in [2.45, 2.75) is 63.8 Å². The number of rotatable bonds is 5. The Hall–Kier alpha value is -1.82. The van der Waals surface area contributed by atoms with E-state index >= 15 is 0 Å². The van der Waals surface area contributed by atoms with Crippen LogP contribution in [0, 0.1) is 11.8 Å². The average Bonchev–Trinajstić information content (AvgIpc) is 3.10. The Balaban J connectivity index is 0.00000243. The molecule has 2 aliphatic rings. The molecule has 2 saturated carbocycles. The first-order valence-electron chi connectivity index (χ1n) is 9.42. The van der Waals surface area contributed by atoms with Crippen molar-refractivity contribution in [2.24, 2.45) is 11.8 Å². The Labute approximate surface area is 161 Å². The van der Waals surface area contributed by atoms with Crippen molar-refractivity contribution >= 4 is 35.7 Å². The fourth-order valence-corrected chi connectivity index (χ4v) is 3.99. The second-order valence-electron chi connectivity index (χ2n) is 7.43. The molecule has 144 valence electrons. The maximum atomic E-state index is 12.4. The molecule has 1 aromatic rings. The van der Waals surface area contributed by atoms with E-state index in [0.29, 0.717) is 23.8 Å². The lowest BCUT2D eigenvalue weighted by Crippen LogP contribution is -2.40. The molecule has 0 spiro atoms. The first-order valence-corrected chi connectivity index (χ1v) is 9.42. The zero-order valence-corrected chi connectivity index (χ0v) is 15.9. The van der Waals surface area contributed by atoms with Gasteiger partial charge in [0, 0.05) is 18.4 Å². The Morgan fingerprint density at radius 1 is 1.08 bits per heavy atom. The summed E-state index contributed by atoms with van der Waals surface area (Å²) in [4.78, 5) is 28.5. The third-order valence-corrected chi connectivity index (χ3v) is 5.47. The summed E-state index contributed by atoms with van der Waals surface area (Å²) in [5.74, 6) is 1.23. The van der Waals surface area contributed by atoms with Crippen LogP contribution in [-0.4, -0.2) is 22.8 Å². The van der Waals surface area contributed by atoms with Crippen LogP contribution >= 0.6 is 12.4 Å². The molecule has 0 aliphatic heterocycles. The van der Waals surface area contributed by atoms with Crippen LogP contribution in [0.4, 0.5) is 11.5 Å². The van der Waals surface area contributed by atoms with Crippen molar-refractivity contribution in [3.8, 4) is 0 Å². The topological polar surface area (TPSA) is 97.1 Å². The number of amides is 2. The van der Waals surface area contributed by atoms with Crippen LogP contribution in [0.15, 0.2) is 18.3 Å². The molecular formula is C19H29ClN4O2. The number of hydrogen-bond acceptors (Lipinski definition) is 4. The van der Waals surface area contributed by atoms with Crippen molar-refractivity contribution in [1.82, 2.24) is 10.3 Å². The molecule has 0 saturated heterocycles. The van der Waals surface area contributed by atoms with Crippen LogP contribution in [0.25, 0.3) is 0 Å². The van der Waals surface area contributed by atoms with E-state index in [-0.39, 0.29) is 36.2 Å². The first-order chi connectivity index (χ1) is 12.1. The standard InChI is InChI=1S/C19H28N4O2.ClH/c20-17-10-9-16(12-21-17)23-19(25)14-5-7-15(8-6-14)22-18(24)11-13-3-1-2-4-13;/h9-10,12-15H,1-8,11H2,(H2,20,21)(H,22,24)(H,23,25);1H. The normalized spacial score (nSPS) is 23.1. The van der Waals surface area contributed by atoms with E-state index in [0.717, 1.165) is 25.7 Å². The number of nitrogens with two attached hydrogens (primary N) is 1. The predicted molar refractivity (Wildman–Crippen MR) is 105 cm³/mol. The quantitative estimate of drug-likeness (QED) is 0.730. The van der Waals surface area contributed by atoms with E-state index in [9.17, 15) is 9.59 Å². The van der Waals surface area contributed by atoms with Crippen LogP contribution in [0.5, 0.6) is 0 Å². The molecule has 26 heavy (non-hydrogen) atoms. The van der Waals surface area contributed by atoms with Crippen LogP contribution in [0.2, 0.25) is 0 Å². The largest absolute Gasteiger partial charge is 0.384 e. The van der Waals surface area contributed by atoms with Crippen molar-refractivity contribution in [1.29, 1.82) is 0 Å². The Bertz CT molecular complexity index is 594. The van der Waals surface area contributed by atoms with Gasteiger partial charge in [-0.15, -0.1) is 12.4 Å². The van der Waals surface area contributed by atoms with E-state index in [1.54, 1.807) is 18.3 Å². The van der Waals surface area contributed by atoms with Crippen LogP contribution in [0.1, 0.15) is 57.8 Å². The fraction of sp³-hybridized carbons (Fsp3) is 0.632. The summed E-state index contributed by atoms with van der Waals surface area (Å²) in [6.07, 6.45) is 10.5. The summed E-state index contributed by atoms with van der Waals surface area (Å²) in [5.41, 5.74) is 6.22. The second kappa shape index (κ2) is 9.76. The molecule has 0 bridgehead atoms. The zero-order chi connectivity index (χ0) is 17.6. The summed E-state index contributed by atoms with van der Waals surface area (Å²) in [6.45, 7) is 0. The number of carbonyl (C=O) groups excluding carboxylic acids is 2. The first kappa shape index (κ1) is 20.5. The molecule has 0 atom stereocenters. The van der Waals surface area contributed by atoms with Gasteiger partial charge >= 0.3 is 0 Å². The Kier molecular flexibility index (Phi) is 7.69. The number of aromatic nitrogens is 1. The number of nitrogens with zero attached hydrogens (tertiary/aromatic N) is 1. The zero-order valence-electron chi connectivity index (χ0n) is 15.1. The van der Waals surface area contributed by atoms with E-state index in [1.165, 1.54) is 25.7 Å². The lowest BCUT2D eigenvalue weighted by atomic mass is 9.85. The van der Waals surface area contributed by atoms with Gasteiger partial charge in [0.05, 0.1) is 11.9 Å². The second-order valence-corrected chi connectivity index (χ2v) is 7.43. The number of halogens is 1. The molecule has 2 aliphatic carbocycles. The van der Waals surface area contributed by atoms with Crippen LogP contribution in [-0.2, 0) is 9.59 Å². The number of pyridine rings is 1. The molecule has 0 aromatic carbocycles. The van der Waals surface area contributed by atoms with Crippen LogP contribution < -0.4 is 16.4 Å². The lowest BCUT2D eigenvalue weighted by molar-refractivity contribution is -0.123. The number of carbonyl (C=O) groups is 2. The predicted octanol–water partition coefficient (Wildman–Crippen LogP) is 3.28. The molecule has 0 radical (unpaired) electrons. The van der Waals surface area contributed by atoms with Crippen molar-refractivity contribution in [3.63, 3.8) is 0 Å². The minimum absolute atomic E-state index is 0. The molecule has 1 heterocycles. The highest BCUT2D eigenvalue weighted by molar-refractivity contribution is 5.92. The third-order valence-electron chi connectivity index (χ3n) is 5.47. The van der Waals surface area contributed by atoms with E-state index in [1.807, 2.05) is 0 Å². The molecule has 0 unspecified atom stereocenters. The minimum atomic E-state index is 0. The maximum absolute atomic E-state index is 12.4. The highest BCUT2D eigenvalue weighted by atomic mass is 35.5. The Morgan fingerprint density at radius 2 is 1.77 bits per heavy atom. The smallest absolute Gasteiger partial charge is 0.227 e. The van der Waals surface area contributed by atoms with Gasteiger partial charge < -0.3 is 16.4 Å². The van der Waals surface area contributed by atoms with Gasteiger partial charge in [0.25, 0.3) is 0 Å². The number of nitrogen functional groups attached to an aromatic ring is 1. The van der Waals surface area contributed by atoms with Gasteiger partial charge in [0.1, 0.15) is 5.82 Å². The van der Waals surface area contributed by atoms with Gasteiger partial charge in [0.15, 0.2) is 0 Å². The molecule has 2 amide bonds. The number of nitrogens with one attached hydrogen (secondary N) is 2. The molecular weight excluding hydrogens is 352 g/mol. The molecule has 2 fully saturated rings. The fourth-order valence-electron chi connectivity index (χ4n) is 3.99. The highest BCUT2D eigenvalue weighted by Crippen LogP contribution is 2.29. The summed E-state index contributed by atoms with van der Waals surface area (Å²) in [5, 5.41) is 6.06. The van der Waals surface area contributed by atoms with Gasteiger partial charge in [0.2, 0.25) is 11.8 Å². The molecule has 3 rings (SSSR count). The number of anilines is 2. The maximum Gasteiger partial charge on any atom is 0.227 e. The molecule has 4 N–H and O–H groups in total. The van der Waals surface area contributed by atoms with Gasteiger partial charge in [-0.3, -0.25) is 9.59 Å². The summed E-state index contributed by atoms with van der Waals surface area (Å²) in [7, 11) is 0. The summed E-state index contributed by atoms with van der Waals surface area (Å²) < 4.78 is 0. The minimum Gasteiger partial charge on any atom is -0.384 e. The van der Waals surface area contributed by atoms with Crippen LogP contribution in [0.3, 0.4) is 0 Å². The van der Waals surface area contributed by atoms with Gasteiger partial charge in [-0.1, -0.05) is 12.8 Å². The molecule has 6 nitrogen and oxygen atoms in total. The van der Waals surface area contributed by atoms with Crippen molar-refractivity contribution < 1.29 is 9.59 Å². The summed E-state index contributed by atoms with van der Waals surface area (Å²) in [6, 6.07) is 3.65. The lowest BCUT2D eigenvalue weighted by Gasteiger charge is -2.28. The Morgan fingerprint density at radius 3 is 2.38 bits per heavy atom. The van der Waals surface area contributed by atoms with E-state index < -0.39 is 0 Å². The van der Waals surface area contributed by atoms with E-state index in [4.69, 9.17) is 5.73 Å². The van der Waals surface area contributed by atoms with Crippen molar-refractivity contribution in [2.75, 3.05) is 11.1 Å². The number of hydrogen-bond donors (Lipinski definition) is 3. The molecule has 1 aromatic heterocycles. The molecule has 7 heteroatoms. The van der Waals surface area contributed by atoms with Gasteiger partial charge in [-0.05, 0) is 56.6 Å². The SMILES string of the molecule is Cl.Nc1ccc(NC(=O)C2CCC(NC(=O)CC3CCCC3)CC2)cn1. The third kappa shape index (κ3) is 5.87. The van der Waals surface area contributed by atoms with Gasteiger partial charge in [-0.2, -0.15) is 0 Å². The van der Waals surface area contributed by atoms with Crippen molar-refractivity contribution in [3.05, 3.63) is 18.3 Å². The average molecular weight is 381 g/mol. The van der Waals surface area contributed by atoms with Gasteiger partial charge in [-0.25, -0.2) is 4.98 Å². The van der Waals surface area contributed by atoms with E-state index in [2.05, 4.69) is 15.6 Å². The highest BCUT2D eigenvalue weighted by Gasteiger charge is 2.28.